The maximum absolute atomic E-state index is 13.7. The van der Waals surface area contributed by atoms with Crippen molar-refractivity contribution < 1.29 is 36.6 Å². The minimum Gasteiger partial charge on any atom is -0.493 e. The molecule has 0 aromatic heterocycles. The maximum Gasteiger partial charge on any atom is 0.330 e. The van der Waals surface area contributed by atoms with Crippen molar-refractivity contribution in [1.82, 2.24) is 10.3 Å². The number of sulfonamides is 1. The molecule has 0 unspecified atom stereocenters. The average Bonchev–Trinajstić information content (AvgIpc) is 2.75. The summed E-state index contributed by atoms with van der Waals surface area (Å²) in [5.41, 5.74) is 1.87. The van der Waals surface area contributed by atoms with Gasteiger partial charge in [0.05, 0.1) is 26.9 Å². The fourth-order valence-electron chi connectivity index (χ4n) is 2.36. The van der Waals surface area contributed by atoms with E-state index >= 15 is 0 Å². The van der Waals surface area contributed by atoms with Gasteiger partial charge in [-0.25, -0.2) is 17.6 Å². The zero-order valence-electron chi connectivity index (χ0n) is 16.3. The third kappa shape index (κ3) is 5.33. The van der Waals surface area contributed by atoms with E-state index in [4.69, 9.17) is 9.47 Å². The van der Waals surface area contributed by atoms with Crippen LogP contribution in [0.25, 0.3) is 6.08 Å². The lowest BCUT2D eigenvalue weighted by molar-refractivity contribution is -0.134. The number of hydrazine groups is 1. The minimum absolute atomic E-state index is 0.0605. The third-order valence-electron chi connectivity index (χ3n) is 3.79. The molecule has 0 saturated heterocycles. The first kappa shape index (κ1) is 22.8. The number of benzene rings is 2. The van der Waals surface area contributed by atoms with Crippen LogP contribution in [0, 0.1) is 5.82 Å². The molecule has 9 nitrogen and oxygen atoms in total. The van der Waals surface area contributed by atoms with Gasteiger partial charge in [0.15, 0.2) is 11.5 Å². The molecule has 2 aromatic carbocycles. The van der Waals surface area contributed by atoms with Gasteiger partial charge in [-0.05, 0) is 35.9 Å². The molecule has 0 atom stereocenters. The monoisotopic (exact) mass is 438 g/mol. The molecule has 0 spiro atoms. The summed E-state index contributed by atoms with van der Waals surface area (Å²) < 4.78 is 54.0. The largest absolute Gasteiger partial charge is 0.493 e. The molecule has 160 valence electrons. The van der Waals surface area contributed by atoms with Gasteiger partial charge in [0, 0.05) is 6.08 Å². The predicted octanol–water partition coefficient (Wildman–Crippen LogP) is 1.65. The van der Waals surface area contributed by atoms with Gasteiger partial charge in [-0.1, -0.05) is 12.1 Å². The van der Waals surface area contributed by atoms with Crippen molar-refractivity contribution in [2.75, 3.05) is 21.3 Å². The summed E-state index contributed by atoms with van der Waals surface area (Å²) in [6, 6.07) is 7.71. The van der Waals surface area contributed by atoms with Gasteiger partial charge in [0.1, 0.15) is 10.7 Å². The van der Waals surface area contributed by atoms with Crippen molar-refractivity contribution in [3.63, 3.8) is 0 Å². The zero-order valence-corrected chi connectivity index (χ0v) is 17.1. The second-order valence-electron chi connectivity index (χ2n) is 5.65. The van der Waals surface area contributed by atoms with Crippen LogP contribution < -0.4 is 19.7 Å². The van der Waals surface area contributed by atoms with Crippen LogP contribution in [0.15, 0.2) is 47.4 Å². The first-order valence-electron chi connectivity index (χ1n) is 8.32. The summed E-state index contributed by atoms with van der Waals surface area (Å²) >= 11 is 0. The molecule has 0 heterocycles. The summed E-state index contributed by atoms with van der Waals surface area (Å²) in [6.45, 7) is 0. The molecule has 0 bridgehead atoms. The number of esters is 1. The van der Waals surface area contributed by atoms with E-state index in [9.17, 15) is 22.4 Å². The molecular weight excluding hydrogens is 419 g/mol. The summed E-state index contributed by atoms with van der Waals surface area (Å²) in [4.78, 5) is 24.9. The fraction of sp³-hybridized carbons (Fsp3) is 0.158. The summed E-state index contributed by atoms with van der Waals surface area (Å²) in [7, 11) is -0.648. The van der Waals surface area contributed by atoms with Gasteiger partial charge in [0.2, 0.25) is 0 Å². The lowest BCUT2D eigenvalue weighted by Gasteiger charge is -2.15. The Balaban J connectivity index is 2.38. The Morgan fingerprint density at radius 2 is 1.77 bits per heavy atom. The van der Waals surface area contributed by atoms with E-state index in [1.165, 1.54) is 57.7 Å². The van der Waals surface area contributed by atoms with E-state index in [1.54, 1.807) is 0 Å². The van der Waals surface area contributed by atoms with Crippen LogP contribution in [0.2, 0.25) is 0 Å². The molecule has 2 aromatic rings. The minimum atomic E-state index is -4.38. The highest BCUT2D eigenvalue weighted by molar-refractivity contribution is 7.89. The molecule has 0 aliphatic heterocycles. The van der Waals surface area contributed by atoms with Crippen LogP contribution in [-0.2, 0) is 19.6 Å². The van der Waals surface area contributed by atoms with Crippen LogP contribution in [0.1, 0.15) is 15.9 Å². The van der Waals surface area contributed by atoms with Gasteiger partial charge >= 0.3 is 5.97 Å². The quantitative estimate of drug-likeness (QED) is 0.365. The van der Waals surface area contributed by atoms with Crippen LogP contribution in [0.4, 0.5) is 4.39 Å². The molecule has 2 rings (SSSR count). The van der Waals surface area contributed by atoms with Crippen LogP contribution in [0.5, 0.6) is 11.5 Å². The Hall–Kier alpha value is -3.44. The zero-order chi connectivity index (χ0) is 22.3. The van der Waals surface area contributed by atoms with E-state index in [0.717, 1.165) is 12.1 Å². The van der Waals surface area contributed by atoms with Gasteiger partial charge in [0.25, 0.3) is 15.9 Å². The lowest BCUT2D eigenvalue weighted by atomic mass is 10.2. The van der Waals surface area contributed by atoms with Crippen LogP contribution in [0.3, 0.4) is 0 Å². The average molecular weight is 438 g/mol. The molecule has 0 fully saturated rings. The van der Waals surface area contributed by atoms with E-state index in [0.29, 0.717) is 0 Å². The van der Waals surface area contributed by atoms with E-state index in [-0.39, 0.29) is 27.5 Å². The van der Waals surface area contributed by atoms with Crippen molar-refractivity contribution in [3.8, 4) is 11.5 Å². The number of carbonyl (C=O) groups excluding carboxylic acids is 2. The third-order valence-corrected chi connectivity index (χ3v) is 5.04. The standard InChI is InChI=1S/C19H19FN2O7S/c1-27-15-10-12(8-9-17(23)28-2)11-16(18(15)29-3)30(25,26)22-21-19(24)13-6-4-5-7-14(13)20/h4-11,22H,1-3H3,(H,21,24)/b9-8-. The SMILES string of the molecule is COC(=O)/C=C\c1cc(OC)c(OC)c(S(=O)(=O)NNC(=O)c2ccccc2F)c1. The Kier molecular flexibility index (Phi) is 7.50. The van der Waals surface area contributed by atoms with Gasteiger partial charge in [-0.15, -0.1) is 4.83 Å². The molecule has 0 radical (unpaired) electrons. The predicted molar refractivity (Wildman–Crippen MR) is 105 cm³/mol. The lowest BCUT2D eigenvalue weighted by Crippen LogP contribution is -2.42. The smallest absolute Gasteiger partial charge is 0.330 e. The molecule has 0 saturated carbocycles. The van der Waals surface area contributed by atoms with Crippen molar-refractivity contribution in [3.05, 3.63) is 59.4 Å². The number of hydrogen-bond acceptors (Lipinski definition) is 7. The topological polar surface area (TPSA) is 120 Å². The number of amides is 1. The second-order valence-corrected chi connectivity index (χ2v) is 7.30. The first-order valence-corrected chi connectivity index (χ1v) is 9.80. The number of carbonyl (C=O) groups is 2. The van der Waals surface area contributed by atoms with Crippen LogP contribution in [-0.4, -0.2) is 41.6 Å². The van der Waals surface area contributed by atoms with Gasteiger partial charge in [-0.3, -0.25) is 10.2 Å². The molecule has 2 N–H and O–H groups in total. The summed E-state index contributed by atoms with van der Waals surface area (Å²) in [6.07, 6.45) is 2.40. The summed E-state index contributed by atoms with van der Waals surface area (Å²) in [5.74, 6) is -2.54. The molecule has 30 heavy (non-hydrogen) atoms. The van der Waals surface area contributed by atoms with Crippen molar-refractivity contribution in [1.29, 1.82) is 0 Å². The van der Waals surface area contributed by atoms with E-state index in [1.807, 2.05) is 10.3 Å². The van der Waals surface area contributed by atoms with E-state index < -0.39 is 27.7 Å². The molecule has 1 amide bonds. The Bertz CT molecular complexity index is 1080. The van der Waals surface area contributed by atoms with Crippen molar-refractivity contribution >= 4 is 28.0 Å². The maximum atomic E-state index is 13.7. The number of ether oxygens (including phenoxy) is 3. The molecule has 11 heteroatoms. The first-order chi connectivity index (χ1) is 14.2. The van der Waals surface area contributed by atoms with Crippen molar-refractivity contribution in [2.45, 2.75) is 4.90 Å². The highest BCUT2D eigenvalue weighted by Gasteiger charge is 2.25. The highest BCUT2D eigenvalue weighted by atomic mass is 32.2. The Morgan fingerprint density at radius 1 is 1.07 bits per heavy atom. The number of rotatable bonds is 8. The number of nitrogens with one attached hydrogen (secondary N) is 2. The van der Waals surface area contributed by atoms with Crippen LogP contribution >= 0.6 is 0 Å². The molecule has 0 aliphatic rings. The Morgan fingerprint density at radius 3 is 2.37 bits per heavy atom. The van der Waals surface area contributed by atoms with Crippen molar-refractivity contribution in [2.24, 2.45) is 0 Å². The van der Waals surface area contributed by atoms with Gasteiger partial charge < -0.3 is 14.2 Å². The number of halogens is 1. The molecular formula is C19H19FN2O7S. The summed E-state index contributed by atoms with van der Waals surface area (Å²) in [5, 5.41) is 0. The van der Waals surface area contributed by atoms with Gasteiger partial charge in [-0.2, -0.15) is 0 Å². The second kappa shape index (κ2) is 9.85. The normalized spacial score (nSPS) is 11.2. The number of hydrogen-bond donors (Lipinski definition) is 2. The fourth-order valence-corrected chi connectivity index (χ4v) is 3.42. The number of methoxy groups -OCH3 is 3. The Labute approximate surface area is 172 Å². The molecule has 0 aliphatic carbocycles. The highest BCUT2D eigenvalue weighted by Crippen LogP contribution is 2.35. The van der Waals surface area contributed by atoms with E-state index in [2.05, 4.69) is 4.74 Å².